The van der Waals surface area contributed by atoms with Gasteiger partial charge in [0.05, 0.1) is 11.4 Å². The molecule has 3 aromatic rings. The summed E-state index contributed by atoms with van der Waals surface area (Å²) >= 11 is 3.75. The summed E-state index contributed by atoms with van der Waals surface area (Å²) < 4.78 is 5.45. The van der Waals surface area contributed by atoms with Gasteiger partial charge in [-0.3, -0.25) is 0 Å². The first-order valence-corrected chi connectivity index (χ1v) is 10.4. The van der Waals surface area contributed by atoms with Crippen LogP contribution in [0.2, 0.25) is 0 Å². The van der Waals surface area contributed by atoms with E-state index in [1.165, 1.54) is 17.5 Å². The first-order valence-electron chi connectivity index (χ1n) is 9.65. The molecule has 0 aliphatic heterocycles. The highest BCUT2D eigenvalue weighted by Gasteiger charge is 2.22. The summed E-state index contributed by atoms with van der Waals surface area (Å²) in [4.78, 5) is 4.97. The fourth-order valence-corrected chi connectivity index (χ4v) is 4.25. The Hall–Kier alpha value is -1.62. The van der Waals surface area contributed by atoms with Gasteiger partial charge in [0.25, 0.3) is 0 Å². The Kier molecular flexibility index (Phi) is 5.56. The Morgan fingerprint density at radius 1 is 1.15 bits per heavy atom. The molecular weight excluding hydrogens is 388 g/mol. The number of imidazole rings is 1. The van der Waals surface area contributed by atoms with Gasteiger partial charge in [-0.1, -0.05) is 40.2 Å². The van der Waals surface area contributed by atoms with Gasteiger partial charge in [-0.25, -0.2) is 9.67 Å². The largest absolute Gasteiger partial charge is 0.322 e. The van der Waals surface area contributed by atoms with Gasteiger partial charge in [0.2, 0.25) is 0 Å². The molecule has 140 valence electrons. The second-order valence-corrected chi connectivity index (χ2v) is 8.28. The molecular formula is C21H29BrN4. The number of rotatable bonds is 6. The summed E-state index contributed by atoms with van der Waals surface area (Å²) in [6.45, 7) is 13.2. The Morgan fingerprint density at radius 2 is 1.88 bits per heavy atom. The highest BCUT2D eigenvalue weighted by atomic mass is 79.9. The first-order chi connectivity index (χ1) is 12.4. The molecule has 0 aliphatic carbocycles. The minimum absolute atomic E-state index is 0.433. The third kappa shape index (κ3) is 3.22. The molecule has 2 heterocycles. The number of aromatic nitrogens is 4. The van der Waals surface area contributed by atoms with Gasteiger partial charge in [-0.15, -0.1) is 0 Å². The molecule has 26 heavy (non-hydrogen) atoms. The molecule has 0 radical (unpaired) electrons. The number of halogens is 1. The molecule has 0 saturated carbocycles. The lowest BCUT2D eigenvalue weighted by molar-refractivity contribution is 0.495. The van der Waals surface area contributed by atoms with Crippen molar-refractivity contribution in [1.82, 2.24) is 19.3 Å². The number of benzene rings is 1. The zero-order valence-electron chi connectivity index (χ0n) is 16.7. The van der Waals surface area contributed by atoms with Crippen LogP contribution in [-0.4, -0.2) is 19.3 Å². The molecule has 0 amide bonds. The Morgan fingerprint density at radius 3 is 2.46 bits per heavy atom. The third-order valence-electron chi connectivity index (χ3n) is 5.09. The molecule has 1 atom stereocenters. The van der Waals surface area contributed by atoms with Gasteiger partial charge in [0, 0.05) is 16.9 Å². The van der Waals surface area contributed by atoms with Crippen molar-refractivity contribution in [2.24, 2.45) is 0 Å². The Balaban J connectivity index is 2.20. The number of aryl methyl sites for hydroxylation is 2. The first kappa shape index (κ1) is 19.2. The monoisotopic (exact) mass is 416 g/mol. The topological polar surface area (TPSA) is 35.6 Å². The van der Waals surface area contributed by atoms with Crippen LogP contribution in [0.5, 0.6) is 0 Å². The maximum Gasteiger partial charge on any atom is 0.181 e. The molecule has 4 nitrogen and oxygen atoms in total. The summed E-state index contributed by atoms with van der Waals surface area (Å²) in [6, 6.07) is 6.96. The van der Waals surface area contributed by atoms with E-state index in [0.717, 1.165) is 40.2 Å². The minimum atomic E-state index is 0.433. The van der Waals surface area contributed by atoms with E-state index in [-0.39, 0.29) is 0 Å². The number of fused-ring (bicyclic) bond motifs is 1. The van der Waals surface area contributed by atoms with E-state index in [2.05, 4.69) is 80.2 Å². The zero-order valence-corrected chi connectivity index (χ0v) is 18.3. The molecule has 1 unspecified atom stereocenters. The molecule has 0 aliphatic rings. The van der Waals surface area contributed by atoms with Crippen molar-refractivity contribution < 1.29 is 0 Å². The van der Waals surface area contributed by atoms with Crippen LogP contribution >= 0.6 is 15.9 Å². The summed E-state index contributed by atoms with van der Waals surface area (Å²) in [7, 11) is 0. The van der Waals surface area contributed by atoms with Crippen molar-refractivity contribution in [3.63, 3.8) is 0 Å². The SMILES string of the molecule is CCCC(C)n1c(CC)nc2c1c(C)nn2-c1ccc(C(C)C)cc1Br. The normalized spacial score (nSPS) is 13.1. The number of nitrogens with zero attached hydrogens (tertiary/aromatic N) is 4. The average molecular weight is 417 g/mol. The summed E-state index contributed by atoms with van der Waals surface area (Å²) in [5.74, 6) is 1.64. The van der Waals surface area contributed by atoms with Crippen molar-refractivity contribution in [3.8, 4) is 5.69 Å². The minimum Gasteiger partial charge on any atom is -0.322 e. The second kappa shape index (κ2) is 7.55. The van der Waals surface area contributed by atoms with E-state index in [1.807, 2.05) is 4.68 Å². The number of hydrogen-bond acceptors (Lipinski definition) is 2. The van der Waals surface area contributed by atoms with Crippen molar-refractivity contribution in [2.45, 2.75) is 72.8 Å². The molecule has 0 spiro atoms. The molecule has 0 bridgehead atoms. The standard InChI is InChI=1S/C21H29BrN4/c1-7-9-14(5)25-19(8-2)23-21-20(25)15(6)24-26(21)18-11-10-16(13(3)4)12-17(18)22/h10-14H,7-9H2,1-6H3. The van der Waals surface area contributed by atoms with E-state index in [9.17, 15) is 0 Å². The quantitative estimate of drug-likeness (QED) is 0.469. The van der Waals surface area contributed by atoms with Crippen LogP contribution in [0.15, 0.2) is 22.7 Å². The van der Waals surface area contributed by atoms with Crippen LogP contribution in [0.4, 0.5) is 0 Å². The van der Waals surface area contributed by atoms with Crippen LogP contribution in [0.25, 0.3) is 16.9 Å². The fourth-order valence-electron chi connectivity index (χ4n) is 3.69. The lowest BCUT2D eigenvalue weighted by atomic mass is 10.0. The summed E-state index contributed by atoms with van der Waals surface area (Å²) in [5, 5.41) is 4.84. The molecule has 1 aromatic carbocycles. The van der Waals surface area contributed by atoms with Gasteiger partial charge in [-0.2, -0.15) is 5.10 Å². The van der Waals surface area contributed by atoms with Gasteiger partial charge in [-0.05, 0) is 59.8 Å². The van der Waals surface area contributed by atoms with Crippen LogP contribution in [0, 0.1) is 6.92 Å². The van der Waals surface area contributed by atoms with Crippen LogP contribution in [-0.2, 0) is 6.42 Å². The van der Waals surface area contributed by atoms with E-state index < -0.39 is 0 Å². The Labute approximate surface area is 164 Å². The molecule has 3 rings (SSSR count). The van der Waals surface area contributed by atoms with Crippen LogP contribution < -0.4 is 0 Å². The lowest BCUT2D eigenvalue weighted by Crippen LogP contribution is -2.09. The Bertz CT molecular complexity index is 920. The van der Waals surface area contributed by atoms with Crippen molar-refractivity contribution in [2.75, 3.05) is 0 Å². The predicted molar refractivity (Wildman–Crippen MR) is 112 cm³/mol. The van der Waals surface area contributed by atoms with Gasteiger partial charge in [0.1, 0.15) is 11.3 Å². The molecule has 5 heteroatoms. The van der Waals surface area contributed by atoms with E-state index in [0.29, 0.717) is 12.0 Å². The maximum absolute atomic E-state index is 4.97. The van der Waals surface area contributed by atoms with Crippen molar-refractivity contribution in [1.29, 1.82) is 0 Å². The van der Waals surface area contributed by atoms with Gasteiger partial charge in [0.15, 0.2) is 5.65 Å². The smallest absolute Gasteiger partial charge is 0.181 e. The van der Waals surface area contributed by atoms with Gasteiger partial charge < -0.3 is 4.57 Å². The van der Waals surface area contributed by atoms with E-state index in [4.69, 9.17) is 10.1 Å². The average Bonchev–Trinajstić information content (AvgIpc) is 3.12. The predicted octanol–water partition coefficient (Wildman–Crippen LogP) is 6.34. The van der Waals surface area contributed by atoms with Gasteiger partial charge >= 0.3 is 0 Å². The lowest BCUT2D eigenvalue weighted by Gasteiger charge is -2.16. The summed E-state index contributed by atoms with van der Waals surface area (Å²) in [5.41, 5.74) is 5.53. The second-order valence-electron chi connectivity index (χ2n) is 7.42. The van der Waals surface area contributed by atoms with E-state index in [1.54, 1.807) is 0 Å². The zero-order chi connectivity index (χ0) is 19.0. The highest BCUT2D eigenvalue weighted by Crippen LogP contribution is 2.32. The molecule has 0 saturated heterocycles. The molecule has 2 aromatic heterocycles. The number of hydrogen-bond donors (Lipinski definition) is 0. The van der Waals surface area contributed by atoms with Crippen LogP contribution in [0.1, 0.15) is 76.5 Å². The summed E-state index contributed by atoms with van der Waals surface area (Å²) in [6.07, 6.45) is 3.24. The third-order valence-corrected chi connectivity index (χ3v) is 5.72. The van der Waals surface area contributed by atoms with E-state index >= 15 is 0 Å². The molecule has 0 fully saturated rings. The fraction of sp³-hybridized carbons (Fsp3) is 0.524. The molecule has 0 N–H and O–H groups in total. The van der Waals surface area contributed by atoms with Crippen molar-refractivity contribution >= 4 is 27.1 Å². The highest BCUT2D eigenvalue weighted by molar-refractivity contribution is 9.10. The maximum atomic E-state index is 4.97. The van der Waals surface area contributed by atoms with Crippen molar-refractivity contribution in [3.05, 3.63) is 39.8 Å². The van der Waals surface area contributed by atoms with Crippen LogP contribution in [0.3, 0.4) is 0 Å².